The Bertz CT molecular complexity index is 1470. The Balaban J connectivity index is 1.47. The highest BCUT2D eigenvalue weighted by atomic mass is 35.5. The van der Waals surface area contributed by atoms with Crippen molar-refractivity contribution < 1.29 is 4.79 Å². The first-order valence-corrected chi connectivity index (χ1v) is 10.8. The zero-order valence-electron chi connectivity index (χ0n) is 16.8. The van der Waals surface area contributed by atoms with Crippen LogP contribution < -0.4 is 10.9 Å². The maximum absolute atomic E-state index is 12.9. The maximum atomic E-state index is 12.9. The first-order chi connectivity index (χ1) is 15.5. The molecule has 1 aliphatic rings. The number of carbonyl (C=O) groups excluding carboxylic acids is 1. The van der Waals surface area contributed by atoms with Gasteiger partial charge in [0.05, 0.1) is 21.5 Å². The molecule has 7 heteroatoms. The monoisotopic (exact) mass is 461 g/mol. The fraction of sp³-hybridized carbons (Fsp3) is 0.0800. The third kappa shape index (κ3) is 3.81. The summed E-state index contributed by atoms with van der Waals surface area (Å²) in [6, 6.07) is 19.5. The Morgan fingerprint density at radius 2 is 1.88 bits per heavy atom. The van der Waals surface area contributed by atoms with Crippen LogP contribution >= 0.6 is 23.2 Å². The summed E-state index contributed by atoms with van der Waals surface area (Å²) in [5, 5.41) is 4.38. The number of anilines is 1. The highest BCUT2D eigenvalue weighted by molar-refractivity contribution is 6.34. The summed E-state index contributed by atoms with van der Waals surface area (Å²) >= 11 is 12.2. The zero-order valence-corrected chi connectivity index (χ0v) is 18.3. The second kappa shape index (κ2) is 8.26. The highest BCUT2D eigenvalue weighted by Gasteiger charge is 2.21. The third-order valence-electron chi connectivity index (χ3n) is 5.41. The summed E-state index contributed by atoms with van der Waals surface area (Å²) in [4.78, 5) is 30.1. The number of benzene rings is 3. The molecule has 1 amide bonds. The number of halogens is 2. The largest absolute Gasteiger partial charge is 0.322 e. The third-order valence-corrected chi connectivity index (χ3v) is 5.98. The molecule has 32 heavy (non-hydrogen) atoms. The molecule has 0 fully saturated rings. The van der Waals surface area contributed by atoms with Gasteiger partial charge in [-0.15, -0.1) is 0 Å². The van der Waals surface area contributed by atoms with Gasteiger partial charge in [0.15, 0.2) is 0 Å². The second-order valence-electron chi connectivity index (χ2n) is 7.53. The quantitative estimate of drug-likeness (QED) is 0.412. The van der Waals surface area contributed by atoms with Crippen molar-refractivity contribution in [2.45, 2.75) is 13.0 Å². The van der Waals surface area contributed by atoms with Crippen LogP contribution in [0.4, 0.5) is 5.69 Å². The van der Waals surface area contributed by atoms with Crippen LogP contribution in [0.3, 0.4) is 0 Å². The molecule has 4 aromatic rings. The van der Waals surface area contributed by atoms with Gasteiger partial charge in [-0.25, -0.2) is 4.98 Å². The van der Waals surface area contributed by atoms with Gasteiger partial charge in [-0.2, -0.15) is 0 Å². The smallest absolute Gasteiger partial charge is 0.261 e. The molecule has 5 nitrogen and oxygen atoms in total. The van der Waals surface area contributed by atoms with Crippen LogP contribution in [0.2, 0.25) is 10.0 Å². The van der Waals surface area contributed by atoms with E-state index in [0.717, 1.165) is 11.1 Å². The molecule has 2 heterocycles. The van der Waals surface area contributed by atoms with E-state index in [2.05, 4.69) is 5.32 Å². The molecular formula is C25H17Cl2N3O2. The van der Waals surface area contributed by atoms with Crippen LogP contribution in [0.15, 0.2) is 71.5 Å². The summed E-state index contributed by atoms with van der Waals surface area (Å²) in [5.74, 6) is 0.374. The van der Waals surface area contributed by atoms with Gasteiger partial charge < -0.3 is 5.32 Å². The lowest BCUT2D eigenvalue weighted by molar-refractivity contribution is 0.102. The Morgan fingerprint density at radius 3 is 2.72 bits per heavy atom. The average molecular weight is 462 g/mol. The normalized spacial score (nSPS) is 14.0. The number of nitrogens with one attached hydrogen (secondary N) is 1. The predicted molar refractivity (Wildman–Crippen MR) is 129 cm³/mol. The van der Waals surface area contributed by atoms with E-state index in [1.165, 1.54) is 0 Å². The van der Waals surface area contributed by atoms with E-state index in [9.17, 15) is 9.59 Å². The molecule has 3 aromatic carbocycles. The minimum Gasteiger partial charge on any atom is -0.322 e. The Hall–Kier alpha value is -3.41. The second-order valence-corrected chi connectivity index (χ2v) is 8.38. The fourth-order valence-corrected chi connectivity index (χ4v) is 4.27. The molecule has 1 aromatic heterocycles. The Kier molecular flexibility index (Phi) is 5.29. The van der Waals surface area contributed by atoms with E-state index in [1.807, 2.05) is 30.3 Å². The number of hydrogen-bond donors (Lipinski definition) is 1. The van der Waals surface area contributed by atoms with Crippen molar-refractivity contribution >= 4 is 57.3 Å². The van der Waals surface area contributed by atoms with Crippen LogP contribution in [-0.2, 0) is 6.54 Å². The number of nitrogens with zero attached hydrogens (tertiary/aromatic N) is 2. The van der Waals surface area contributed by atoms with Crippen molar-refractivity contribution in [3.8, 4) is 0 Å². The van der Waals surface area contributed by atoms with Crippen LogP contribution in [0.5, 0.6) is 0 Å². The lowest BCUT2D eigenvalue weighted by Gasteiger charge is -2.08. The van der Waals surface area contributed by atoms with Gasteiger partial charge in [0.25, 0.3) is 11.5 Å². The van der Waals surface area contributed by atoms with E-state index in [0.29, 0.717) is 51.0 Å². The zero-order chi connectivity index (χ0) is 22.2. The van der Waals surface area contributed by atoms with Gasteiger partial charge in [-0.1, -0.05) is 47.5 Å². The molecule has 0 saturated heterocycles. The number of hydrogen-bond acceptors (Lipinski definition) is 3. The van der Waals surface area contributed by atoms with Crippen molar-refractivity contribution in [2.24, 2.45) is 0 Å². The molecule has 0 radical (unpaired) electrons. The summed E-state index contributed by atoms with van der Waals surface area (Å²) < 4.78 is 1.70. The number of amides is 1. The van der Waals surface area contributed by atoms with Crippen LogP contribution in [0, 0.1) is 0 Å². The van der Waals surface area contributed by atoms with Crippen molar-refractivity contribution in [1.82, 2.24) is 9.55 Å². The molecular weight excluding hydrogens is 445 g/mol. The topological polar surface area (TPSA) is 64.0 Å². The summed E-state index contributed by atoms with van der Waals surface area (Å²) in [6.45, 7) is 0.578. The van der Waals surface area contributed by atoms with Crippen LogP contribution in [-0.4, -0.2) is 15.5 Å². The van der Waals surface area contributed by atoms with E-state index in [4.69, 9.17) is 28.2 Å². The number of rotatable bonds is 3. The van der Waals surface area contributed by atoms with Crippen molar-refractivity contribution in [1.29, 1.82) is 0 Å². The van der Waals surface area contributed by atoms with E-state index in [-0.39, 0.29) is 11.5 Å². The lowest BCUT2D eigenvalue weighted by atomic mass is 10.1. The molecule has 158 valence electrons. The first-order valence-electron chi connectivity index (χ1n) is 10.1. The van der Waals surface area contributed by atoms with Gasteiger partial charge in [-0.05, 0) is 66.1 Å². The summed E-state index contributed by atoms with van der Waals surface area (Å²) in [5.41, 5.74) is 3.44. The number of fused-ring (bicyclic) bond motifs is 2. The van der Waals surface area contributed by atoms with Crippen molar-refractivity contribution in [3.63, 3.8) is 0 Å². The molecule has 0 spiro atoms. The van der Waals surface area contributed by atoms with Gasteiger partial charge in [0.2, 0.25) is 0 Å². The van der Waals surface area contributed by atoms with Gasteiger partial charge in [0.1, 0.15) is 5.82 Å². The van der Waals surface area contributed by atoms with Crippen LogP contribution in [0.1, 0.15) is 28.2 Å². The van der Waals surface area contributed by atoms with Crippen LogP contribution in [0.25, 0.3) is 22.6 Å². The first kappa shape index (κ1) is 20.5. The minimum absolute atomic E-state index is 0.0641. The highest BCUT2D eigenvalue weighted by Crippen LogP contribution is 2.29. The van der Waals surface area contributed by atoms with E-state index < -0.39 is 0 Å². The standard InChI is InChI=1S/C25H17Cl2N3O2/c26-17-8-9-20-22(14-17)29-23-16(10-11-30(23)25(20)32)12-15-4-3-5-18(13-15)28-24(31)19-6-1-2-7-21(19)27/h1-9,12-14H,10-11H2,(H,28,31)/b16-12+. The minimum atomic E-state index is -0.275. The van der Waals surface area contributed by atoms with Crippen molar-refractivity contribution in [2.75, 3.05) is 5.32 Å². The SMILES string of the molecule is O=C(Nc1cccc(/C=C2\CCn3c2nc2cc(Cl)ccc2c3=O)c1)c1ccccc1Cl. The van der Waals surface area contributed by atoms with Gasteiger partial charge in [0, 0.05) is 17.3 Å². The molecule has 1 aliphatic heterocycles. The Labute approximate surface area is 193 Å². The number of carbonyl (C=O) groups is 1. The van der Waals surface area contributed by atoms with Gasteiger partial charge in [-0.3, -0.25) is 14.2 Å². The lowest BCUT2D eigenvalue weighted by Crippen LogP contribution is -2.20. The maximum Gasteiger partial charge on any atom is 0.261 e. The molecule has 1 N–H and O–H groups in total. The van der Waals surface area contributed by atoms with E-state index in [1.54, 1.807) is 47.0 Å². The Morgan fingerprint density at radius 1 is 1.03 bits per heavy atom. The number of allylic oxidation sites excluding steroid dienone is 1. The van der Waals surface area contributed by atoms with E-state index >= 15 is 0 Å². The van der Waals surface area contributed by atoms with Crippen molar-refractivity contribution in [3.05, 3.63) is 104 Å². The molecule has 0 bridgehead atoms. The number of aromatic nitrogens is 2. The summed E-state index contributed by atoms with van der Waals surface area (Å²) in [6.07, 6.45) is 2.69. The molecule has 0 atom stereocenters. The molecule has 0 saturated carbocycles. The molecule has 0 unspecified atom stereocenters. The fourth-order valence-electron chi connectivity index (χ4n) is 3.88. The average Bonchev–Trinajstić information content (AvgIpc) is 3.17. The molecule has 0 aliphatic carbocycles. The van der Waals surface area contributed by atoms with Gasteiger partial charge >= 0.3 is 0 Å². The predicted octanol–water partition coefficient (Wildman–Crippen LogP) is 5.90. The molecule has 5 rings (SSSR count). The summed E-state index contributed by atoms with van der Waals surface area (Å²) in [7, 11) is 0.